The number of carboxylic acids is 1. The molecule has 0 saturated heterocycles. The summed E-state index contributed by atoms with van der Waals surface area (Å²) in [4.78, 5) is 11.7. The Hall–Kier alpha value is -3.21. The Bertz CT molecular complexity index is 1030. The van der Waals surface area contributed by atoms with Gasteiger partial charge in [-0.25, -0.2) is 13.6 Å². The second kappa shape index (κ2) is 10.7. The summed E-state index contributed by atoms with van der Waals surface area (Å²) in [5.41, 5.74) is 1.93. The molecule has 0 amide bonds. The minimum absolute atomic E-state index is 0.107. The monoisotopic (exact) mass is 424 g/mol. The van der Waals surface area contributed by atoms with E-state index in [1.807, 2.05) is 0 Å². The van der Waals surface area contributed by atoms with Gasteiger partial charge in [0.15, 0.2) is 0 Å². The number of halogens is 2. The van der Waals surface area contributed by atoms with Gasteiger partial charge in [-0.3, -0.25) is 0 Å². The van der Waals surface area contributed by atoms with Crippen LogP contribution in [-0.2, 0) is 0 Å². The summed E-state index contributed by atoms with van der Waals surface area (Å²) in [6.45, 7) is 2.82. The lowest BCUT2D eigenvalue weighted by atomic mass is 9.94. The van der Waals surface area contributed by atoms with E-state index in [4.69, 9.17) is 4.74 Å². The number of carboxylic acid groups (broad SMARTS) is 1. The van der Waals surface area contributed by atoms with E-state index in [1.54, 1.807) is 30.3 Å². The first-order chi connectivity index (χ1) is 15.0. The molecule has 3 rings (SSSR count). The lowest BCUT2D eigenvalue weighted by molar-refractivity contribution is 0.0697. The predicted octanol–water partition coefficient (Wildman–Crippen LogP) is 7.35. The van der Waals surface area contributed by atoms with Gasteiger partial charge < -0.3 is 9.84 Å². The Morgan fingerprint density at radius 3 is 2.23 bits per heavy atom. The number of hydrogen-bond donors (Lipinski definition) is 1. The third-order valence-corrected chi connectivity index (χ3v) is 5.17. The van der Waals surface area contributed by atoms with E-state index in [2.05, 4.69) is 6.92 Å². The van der Waals surface area contributed by atoms with E-state index in [9.17, 15) is 18.7 Å². The maximum absolute atomic E-state index is 14.2. The summed E-state index contributed by atoms with van der Waals surface area (Å²) in [5.74, 6) is -1.72. The van der Waals surface area contributed by atoms with Crippen LogP contribution in [0.2, 0.25) is 0 Å². The predicted molar refractivity (Wildman–Crippen MR) is 118 cm³/mol. The number of unbranched alkanes of at least 4 members (excludes halogenated alkanes) is 4. The molecular weight excluding hydrogens is 398 g/mol. The summed E-state index contributed by atoms with van der Waals surface area (Å²) in [6.07, 6.45) is 5.79. The molecule has 0 spiro atoms. The van der Waals surface area contributed by atoms with Crippen LogP contribution in [0.4, 0.5) is 8.78 Å². The zero-order valence-electron chi connectivity index (χ0n) is 17.5. The molecule has 0 fully saturated rings. The minimum Gasteiger partial charge on any atom is -0.494 e. The average molecular weight is 424 g/mol. The molecule has 0 aliphatic rings. The van der Waals surface area contributed by atoms with E-state index in [-0.39, 0.29) is 11.1 Å². The van der Waals surface area contributed by atoms with Gasteiger partial charge >= 0.3 is 5.97 Å². The van der Waals surface area contributed by atoms with Gasteiger partial charge in [0.05, 0.1) is 12.2 Å². The molecule has 0 saturated carbocycles. The molecule has 0 radical (unpaired) electrons. The van der Waals surface area contributed by atoms with Gasteiger partial charge in [0.2, 0.25) is 0 Å². The highest BCUT2D eigenvalue weighted by atomic mass is 19.1. The second-order valence-corrected chi connectivity index (χ2v) is 7.48. The quantitative estimate of drug-likeness (QED) is 0.346. The normalized spacial score (nSPS) is 10.8. The molecule has 1 N–H and O–H groups in total. The van der Waals surface area contributed by atoms with Crippen molar-refractivity contribution in [2.45, 2.75) is 39.0 Å². The van der Waals surface area contributed by atoms with E-state index in [0.717, 1.165) is 24.7 Å². The molecule has 0 aliphatic heterocycles. The summed E-state index contributed by atoms with van der Waals surface area (Å²) in [5, 5.41) is 9.59. The molecule has 0 bridgehead atoms. The minimum atomic E-state index is -1.08. The zero-order valence-corrected chi connectivity index (χ0v) is 17.5. The highest BCUT2D eigenvalue weighted by Gasteiger charge is 2.15. The Labute approximate surface area is 181 Å². The number of ether oxygens (including phenoxy) is 1. The molecule has 3 aromatic rings. The van der Waals surface area contributed by atoms with Crippen LogP contribution >= 0.6 is 0 Å². The van der Waals surface area contributed by atoms with Crippen LogP contribution in [0, 0.1) is 11.6 Å². The Morgan fingerprint density at radius 2 is 1.55 bits per heavy atom. The third-order valence-electron chi connectivity index (χ3n) is 5.17. The Morgan fingerprint density at radius 1 is 0.839 bits per heavy atom. The highest BCUT2D eigenvalue weighted by molar-refractivity contribution is 5.97. The van der Waals surface area contributed by atoms with Crippen molar-refractivity contribution < 1.29 is 23.4 Å². The fraction of sp³-hybridized carbons (Fsp3) is 0.269. The number of benzene rings is 3. The van der Waals surface area contributed by atoms with E-state index in [1.165, 1.54) is 43.5 Å². The van der Waals surface area contributed by atoms with E-state index >= 15 is 0 Å². The molecule has 0 aromatic heterocycles. The Kier molecular flexibility index (Phi) is 7.76. The molecule has 5 heteroatoms. The van der Waals surface area contributed by atoms with Crippen molar-refractivity contribution >= 4 is 5.97 Å². The topological polar surface area (TPSA) is 46.5 Å². The van der Waals surface area contributed by atoms with E-state index in [0.29, 0.717) is 23.3 Å². The van der Waals surface area contributed by atoms with Crippen molar-refractivity contribution in [3.63, 3.8) is 0 Å². The zero-order chi connectivity index (χ0) is 22.2. The smallest absolute Gasteiger partial charge is 0.336 e. The summed E-state index contributed by atoms with van der Waals surface area (Å²) >= 11 is 0. The first-order valence-corrected chi connectivity index (χ1v) is 10.6. The summed E-state index contributed by atoms with van der Waals surface area (Å²) in [6, 6.07) is 15.1. The van der Waals surface area contributed by atoms with Crippen molar-refractivity contribution in [2.75, 3.05) is 6.61 Å². The molecule has 0 heterocycles. The number of rotatable bonds is 10. The molecule has 3 aromatic carbocycles. The standard InChI is InChI=1S/C26H26F2O3/c1-2-3-4-5-6-15-31-21-11-7-18(8-12-21)24-16-19(9-13-23(24)26(29)30)22-14-10-20(27)17-25(22)28/h7-14,16-17H,2-6,15H2,1H3,(H,29,30). The van der Waals surface area contributed by atoms with Crippen LogP contribution < -0.4 is 4.74 Å². The van der Waals surface area contributed by atoms with Crippen molar-refractivity contribution in [1.29, 1.82) is 0 Å². The van der Waals surface area contributed by atoms with Crippen LogP contribution in [0.1, 0.15) is 49.4 Å². The number of hydrogen-bond acceptors (Lipinski definition) is 2. The number of aromatic carboxylic acids is 1. The summed E-state index contributed by atoms with van der Waals surface area (Å²) in [7, 11) is 0. The first kappa shape index (κ1) is 22.5. The molecular formula is C26H26F2O3. The van der Waals surface area contributed by atoms with Crippen LogP contribution in [0.5, 0.6) is 5.75 Å². The molecule has 0 unspecified atom stereocenters. The van der Waals surface area contributed by atoms with E-state index < -0.39 is 17.6 Å². The second-order valence-electron chi connectivity index (χ2n) is 7.48. The van der Waals surface area contributed by atoms with Gasteiger partial charge in [-0.2, -0.15) is 0 Å². The van der Waals surface area contributed by atoms with Crippen LogP contribution in [0.25, 0.3) is 22.3 Å². The first-order valence-electron chi connectivity index (χ1n) is 10.6. The van der Waals surface area contributed by atoms with Gasteiger partial charge in [0.1, 0.15) is 17.4 Å². The molecule has 3 nitrogen and oxygen atoms in total. The van der Waals surface area contributed by atoms with Crippen LogP contribution in [-0.4, -0.2) is 17.7 Å². The van der Waals surface area contributed by atoms with Crippen molar-refractivity contribution in [3.8, 4) is 28.0 Å². The van der Waals surface area contributed by atoms with Gasteiger partial charge in [-0.05, 0) is 59.5 Å². The lowest BCUT2D eigenvalue weighted by Gasteiger charge is -2.12. The fourth-order valence-electron chi connectivity index (χ4n) is 3.49. The van der Waals surface area contributed by atoms with Crippen molar-refractivity contribution in [2.24, 2.45) is 0 Å². The highest BCUT2D eigenvalue weighted by Crippen LogP contribution is 2.32. The van der Waals surface area contributed by atoms with Gasteiger partial charge in [0, 0.05) is 11.6 Å². The van der Waals surface area contributed by atoms with Gasteiger partial charge in [0.25, 0.3) is 0 Å². The number of carbonyl (C=O) groups is 1. The lowest BCUT2D eigenvalue weighted by Crippen LogP contribution is -2.01. The fourth-order valence-corrected chi connectivity index (χ4v) is 3.49. The molecule has 162 valence electrons. The average Bonchev–Trinajstić information content (AvgIpc) is 2.76. The molecule has 31 heavy (non-hydrogen) atoms. The van der Waals surface area contributed by atoms with Crippen molar-refractivity contribution in [1.82, 2.24) is 0 Å². The molecule has 0 aliphatic carbocycles. The van der Waals surface area contributed by atoms with Crippen molar-refractivity contribution in [3.05, 3.63) is 77.9 Å². The van der Waals surface area contributed by atoms with Crippen LogP contribution in [0.3, 0.4) is 0 Å². The summed E-state index contributed by atoms with van der Waals surface area (Å²) < 4.78 is 33.3. The maximum Gasteiger partial charge on any atom is 0.336 e. The molecule has 0 atom stereocenters. The maximum atomic E-state index is 14.2. The Balaban J connectivity index is 1.81. The third kappa shape index (κ3) is 5.91. The van der Waals surface area contributed by atoms with Gasteiger partial charge in [-0.15, -0.1) is 0 Å². The largest absolute Gasteiger partial charge is 0.494 e. The SMILES string of the molecule is CCCCCCCOc1ccc(-c2cc(-c3ccc(F)cc3F)ccc2C(=O)O)cc1. The van der Waals surface area contributed by atoms with Crippen LogP contribution in [0.15, 0.2) is 60.7 Å². The van der Waals surface area contributed by atoms with Gasteiger partial charge in [-0.1, -0.05) is 50.8 Å².